The number of rotatable bonds is 4. The summed E-state index contributed by atoms with van der Waals surface area (Å²) in [6, 6.07) is 8.34. The van der Waals surface area contributed by atoms with E-state index in [4.69, 9.17) is 4.74 Å². The molecule has 1 aromatic carbocycles. The van der Waals surface area contributed by atoms with Crippen molar-refractivity contribution < 1.29 is 9.53 Å². The van der Waals surface area contributed by atoms with Gasteiger partial charge in [-0.05, 0) is 31.9 Å². The van der Waals surface area contributed by atoms with Gasteiger partial charge in [0, 0.05) is 32.2 Å². The molecule has 3 rings (SSSR count). The lowest BCUT2D eigenvalue weighted by Gasteiger charge is -2.40. The molecule has 4 heteroatoms. The van der Waals surface area contributed by atoms with Gasteiger partial charge in [-0.2, -0.15) is 0 Å². The minimum atomic E-state index is 0.109. The molecule has 2 fully saturated rings. The van der Waals surface area contributed by atoms with Gasteiger partial charge in [-0.25, -0.2) is 0 Å². The van der Waals surface area contributed by atoms with E-state index >= 15 is 0 Å². The van der Waals surface area contributed by atoms with Gasteiger partial charge in [0.2, 0.25) is 0 Å². The lowest BCUT2D eigenvalue weighted by Crippen LogP contribution is -2.52. The third-order valence-corrected chi connectivity index (χ3v) is 5.11. The van der Waals surface area contributed by atoms with E-state index < -0.39 is 0 Å². The maximum Gasteiger partial charge on any atom is 0.257 e. The SMILES string of the molecule is CCOc1ccccc1C(=O)N1CCN(C2CCCCC2)CC1. The average Bonchev–Trinajstić information content (AvgIpc) is 2.63. The lowest BCUT2D eigenvalue weighted by atomic mass is 9.94. The van der Waals surface area contributed by atoms with E-state index in [1.165, 1.54) is 32.1 Å². The first-order valence-electron chi connectivity index (χ1n) is 9.04. The lowest BCUT2D eigenvalue weighted by molar-refractivity contribution is 0.0520. The standard InChI is InChI=1S/C19H28N2O2/c1-2-23-18-11-7-6-10-17(18)19(22)21-14-12-20(13-15-21)16-8-4-3-5-9-16/h6-7,10-11,16H,2-5,8-9,12-15H2,1H3. The fourth-order valence-corrected chi connectivity index (χ4v) is 3.83. The number of para-hydroxylation sites is 1. The fourth-order valence-electron chi connectivity index (χ4n) is 3.83. The molecule has 0 N–H and O–H groups in total. The minimum absolute atomic E-state index is 0.109. The molecule has 0 unspecified atom stereocenters. The van der Waals surface area contributed by atoms with Gasteiger partial charge in [0.25, 0.3) is 5.91 Å². The normalized spacial score (nSPS) is 20.5. The summed E-state index contributed by atoms with van der Waals surface area (Å²) >= 11 is 0. The van der Waals surface area contributed by atoms with Crippen molar-refractivity contribution in [3.05, 3.63) is 29.8 Å². The van der Waals surface area contributed by atoms with Gasteiger partial charge in [-0.15, -0.1) is 0 Å². The molecule has 1 saturated carbocycles. The Hall–Kier alpha value is -1.55. The molecule has 0 aromatic heterocycles. The Labute approximate surface area is 139 Å². The highest BCUT2D eigenvalue weighted by molar-refractivity contribution is 5.97. The number of carbonyl (C=O) groups is 1. The quantitative estimate of drug-likeness (QED) is 0.855. The molecule has 126 valence electrons. The van der Waals surface area contributed by atoms with Crippen LogP contribution in [0.25, 0.3) is 0 Å². The molecule has 1 aliphatic heterocycles. The van der Waals surface area contributed by atoms with Crippen molar-refractivity contribution in [2.45, 2.75) is 45.1 Å². The highest BCUT2D eigenvalue weighted by atomic mass is 16.5. The molecule has 4 nitrogen and oxygen atoms in total. The summed E-state index contributed by atoms with van der Waals surface area (Å²) in [5, 5.41) is 0. The second kappa shape index (κ2) is 7.82. The number of piperazine rings is 1. The molecule has 23 heavy (non-hydrogen) atoms. The third kappa shape index (κ3) is 3.86. The van der Waals surface area contributed by atoms with E-state index in [2.05, 4.69) is 4.90 Å². The van der Waals surface area contributed by atoms with E-state index in [-0.39, 0.29) is 5.91 Å². The Kier molecular flexibility index (Phi) is 5.55. The molecular weight excluding hydrogens is 288 g/mol. The van der Waals surface area contributed by atoms with Gasteiger partial charge in [0.05, 0.1) is 12.2 Å². The van der Waals surface area contributed by atoms with Crippen LogP contribution in [0.1, 0.15) is 49.4 Å². The summed E-state index contributed by atoms with van der Waals surface area (Å²) in [5.74, 6) is 0.812. The minimum Gasteiger partial charge on any atom is -0.493 e. The van der Waals surface area contributed by atoms with Crippen molar-refractivity contribution in [2.75, 3.05) is 32.8 Å². The zero-order valence-corrected chi connectivity index (χ0v) is 14.2. The first-order valence-corrected chi connectivity index (χ1v) is 9.04. The summed E-state index contributed by atoms with van der Waals surface area (Å²) in [4.78, 5) is 17.4. The molecule has 1 aromatic rings. The highest BCUT2D eigenvalue weighted by Gasteiger charge is 2.28. The van der Waals surface area contributed by atoms with Crippen molar-refractivity contribution in [1.82, 2.24) is 9.80 Å². The van der Waals surface area contributed by atoms with Gasteiger partial charge in [0.15, 0.2) is 0 Å². The maximum atomic E-state index is 12.8. The summed E-state index contributed by atoms with van der Waals surface area (Å²) in [6.07, 6.45) is 6.79. The number of amides is 1. The fraction of sp³-hybridized carbons (Fsp3) is 0.632. The van der Waals surface area contributed by atoms with Gasteiger partial charge in [-0.3, -0.25) is 9.69 Å². The Morgan fingerprint density at radius 2 is 1.78 bits per heavy atom. The zero-order valence-electron chi connectivity index (χ0n) is 14.2. The van der Waals surface area contributed by atoms with Gasteiger partial charge in [0.1, 0.15) is 5.75 Å². The van der Waals surface area contributed by atoms with Crippen molar-refractivity contribution in [3.8, 4) is 5.75 Å². The predicted molar refractivity (Wildman–Crippen MR) is 92.0 cm³/mol. The second-order valence-corrected chi connectivity index (χ2v) is 6.55. The van der Waals surface area contributed by atoms with Crippen LogP contribution < -0.4 is 4.74 Å². The van der Waals surface area contributed by atoms with Crippen LogP contribution in [-0.4, -0.2) is 54.5 Å². The molecule has 1 amide bonds. The van der Waals surface area contributed by atoms with Gasteiger partial charge < -0.3 is 9.64 Å². The maximum absolute atomic E-state index is 12.8. The largest absolute Gasteiger partial charge is 0.493 e. The molecular formula is C19H28N2O2. The van der Waals surface area contributed by atoms with Gasteiger partial charge in [-0.1, -0.05) is 31.4 Å². The molecule has 0 radical (unpaired) electrons. The van der Waals surface area contributed by atoms with Crippen molar-refractivity contribution >= 4 is 5.91 Å². The molecule has 0 spiro atoms. The Morgan fingerprint density at radius 1 is 1.09 bits per heavy atom. The average molecular weight is 316 g/mol. The summed E-state index contributed by atoms with van der Waals surface area (Å²) in [5.41, 5.74) is 0.695. The van der Waals surface area contributed by atoms with Crippen LogP contribution in [0.5, 0.6) is 5.75 Å². The molecule has 0 bridgehead atoms. The number of ether oxygens (including phenoxy) is 1. The van der Waals surface area contributed by atoms with Crippen LogP contribution in [0, 0.1) is 0 Å². The molecule has 0 atom stereocenters. The van der Waals surface area contributed by atoms with Crippen molar-refractivity contribution in [2.24, 2.45) is 0 Å². The van der Waals surface area contributed by atoms with E-state index in [1.807, 2.05) is 36.1 Å². The smallest absolute Gasteiger partial charge is 0.257 e. The van der Waals surface area contributed by atoms with Crippen molar-refractivity contribution in [3.63, 3.8) is 0 Å². The van der Waals surface area contributed by atoms with Crippen LogP contribution in [-0.2, 0) is 0 Å². The van der Waals surface area contributed by atoms with E-state index in [0.29, 0.717) is 17.9 Å². The number of benzene rings is 1. The summed E-state index contributed by atoms with van der Waals surface area (Å²) < 4.78 is 5.61. The van der Waals surface area contributed by atoms with Crippen molar-refractivity contribution in [1.29, 1.82) is 0 Å². The van der Waals surface area contributed by atoms with E-state index in [0.717, 1.165) is 32.2 Å². The van der Waals surface area contributed by atoms with Crippen LogP contribution in [0.4, 0.5) is 0 Å². The number of hydrogen-bond acceptors (Lipinski definition) is 3. The Morgan fingerprint density at radius 3 is 2.48 bits per heavy atom. The summed E-state index contributed by atoms with van der Waals surface area (Å²) in [6.45, 7) is 6.20. The zero-order chi connectivity index (χ0) is 16.1. The van der Waals surface area contributed by atoms with Crippen LogP contribution in [0.3, 0.4) is 0 Å². The first-order chi connectivity index (χ1) is 11.3. The Bertz CT molecular complexity index is 518. The number of nitrogens with zero attached hydrogens (tertiary/aromatic N) is 2. The molecule has 1 saturated heterocycles. The molecule has 1 heterocycles. The topological polar surface area (TPSA) is 32.8 Å². The number of hydrogen-bond donors (Lipinski definition) is 0. The first kappa shape index (κ1) is 16.3. The number of carbonyl (C=O) groups excluding carboxylic acids is 1. The monoisotopic (exact) mass is 316 g/mol. The molecule has 2 aliphatic rings. The van der Waals surface area contributed by atoms with Crippen LogP contribution in [0.15, 0.2) is 24.3 Å². The highest BCUT2D eigenvalue weighted by Crippen LogP contribution is 2.25. The van der Waals surface area contributed by atoms with Crippen LogP contribution in [0.2, 0.25) is 0 Å². The second-order valence-electron chi connectivity index (χ2n) is 6.55. The van der Waals surface area contributed by atoms with E-state index in [9.17, 15) is 4.79 Å². The predicted octanol–water partition coefficient (Wildman–Crippen LogP) is 3.18. The Balaban J connectivity index is 1.60. The van der Waals surface area contributed by atoms with Gasteiger partial charge >= 0.3 is 0 Å². The summed E-state index contributed by atoms with van der Waals surface area (Å²) in [7, 11) is 0. The molecule has 1 aliphatic carbocycles. The van der Waals surface area contributed by atoms with Crippen LogP contribution >= 0.6 is 0 Å². The van der Waals surface area contributed by atoms with E-state index in [1.54, 1.807) is 0 Å². The third-order valence-electron chi connectivity index (χ3n) is 5.11.